The van der Waals surface area contributed by atoms with Crippen molar-refractivity contribution in [1.29, 1.82) is 0 Å². The topological polar surface area (TPSA) is 119 Å². The average Bonchev–Trinajstić information content (AvgIpc) is 2.82. The number of amides is 1. The van der Waals surface area contributed by atoms with Gasteiger partial charge in [0.2, 0.25) is 12.2 Å². The molecule has 0 aliphatic rings. The van der Waals surface area contributed by atoms with Gasteiger partial charge in [0.1, 0.15) is 0 Å². The molecule has 0 saturated heterocycles. The summed E-state index contributed by atoms with van der Waals surface area (Å²) < 4.78 is 11.2. The van der Waals surface area contributed by atoms with E-state index in [1.165, 1.54) is 24.3 Å². The zero-order chi connectivity index (χ0) is 25.5. The summed E-state index contributed by atoms with van der Waals surface area (Å²) in [7, 11) is 0. The molecule has 0 unspecified atom stereocenters. The fraction of sp³-hybridized carbons (Fsp3) is 0.154. The molecule has 0 bridgehead atoms. The second-order valence-electron chi connectivity index (χ2n) is 7.73. The van der Waals surface area contributed by atoms with Gasteiger partial charge >= 0.3 is 17.9 Å². The molecular weight excluding hydrogens is 518 g/mol. The fourth-order valence-electron chi connectivity index (χ4n) is 3.15. The summed E-state index contributed by atoms with van der Waals surface area (Å²) in [5.74, 6) is -4.55. The third kappa shape index (κ3) is 7.00. The van der Waals surface area contributed by atoms with Crippen LogP contribution in [-0.2, 0) is 19.1 Å². The molecule has 180 valence electrons. The van der Waals surface area contributed by atoms with Crippen molar-refractivity contribution in [2.45, 2.75) is 26.1 Å². The van der Waals surface area contributed by atoms with Crippen LogP contribution < -0.4 is 5.32 Å². The number of hydrogen-bond acceptors (Lipinski definition) is 6. The van der Waals surface area contributed by atoms with Crippen molar-refractivity contribution in [2.24, 2.45) is 0 Å². The summed E-state index contributed by atoms with van der Waals surface area (Å²) in [6, 6.07) is 19.2. The summed E-state index contributed by atoms with van der Waals surface area (Å²) in [6.07, 6.45) is -4.08. The second kappa shape index (κ2) is 11.4. The van der Waals surface area contributed by atoms with E-state index in [1.54, 1.807) is 62.4 Å². The van der Waals surface area contributed by atoms with Crippen LogP contribution in [0.2, 0.25) is 0 Å². The lowest BCUT2D eigenvalue weighted by atomic mass is 10.1. The normalized spacial score (nSPS) is 12.2. The number of hydrogen-bond donors (Lipinski definition) is 2. The highest BCUT2D eigenvalue weighted by atomic mass is 79.9. The van der Waals surface area contributed by atoms with Crippen LogP contribution >= 0.6 is 15.9 Å². The van der Waals surface area contributed by atoms with E-state index in [2.05, 4.69) is 21.2 Å². The van der Waals surface area contributed by atoms with Gasteiger partial charge in [-0.2, -0.15) is 0 Å². The largest absolute Gasteiger partial charge is 0.478 e. The first-order chi connectivity index (χ1) is 16.6. The Kier molecular flexibility index (Phi) is 8.38. The van der Waals surface area contributed by atoms with Gasteiger partial charge in [-0.1, -0.05) is 51.3 Å². The third-order valence-corrected chi connectivity index (χ3v) is 5.39. The van der Waals surface area contributed by atoms with Gasteiger partial charge in [0.05, 0.1) is 11.1 Å². The van der Waals surface area contributed by atoms with Crippen LogP contribution in [0.15, 0.2) is 77.3 Å². The molecule has 3 rings (SSSR count). The van der Waals surface area contributed by atoms with E-state index in [0.29, 0.717) is 5.69 Å². The van der Waals surface area contributed by atoms with Crippen LogP contribution in [0.3, 0.4) is 0 Å². The Hall–Kier alpha value is -3.98. The van der Waals surface area contributed by atoms with Crippen molar-refractivity contribution < 1.29 is 33.8 Å². The maximum Gasteiger partial charge on any atom is 0.349 e. The molecule has 0 aromatic heterocycles. The Balaban J connectivity index is 1.91. The molecule has 0 aliphatic heterocycles. The first-order valence-corrected chi connectivity index (χ1v) is 11.3. The Morgan fingerprint density at radius 1 is 0.771 bits per heavy atom. The standard InChI is InChI=1S/C26H22BrNO7/c1-15-5-3-7-17(13-15)25(32)34-21(23(29)28-20-11-9-19(27)10-12-20)22(24(30)31)35-26(33)18-8-4-6-16(2)14-18/h3-14,21-22H,1-2H3,(H,28,29)(H,30,31)/t21-,22-/m1/s1. The monoisotopic (exact) mass is 539 g/mol. The Bertz CT molecular complexity index is 1260. The van der Waals surface area contributed by atoms with E-state index in [9.17, 15) is 24.3 Å². The minimum Gasteiger partial charge on any atom is -0.478 e. The number of ether oxygens (including phenoxy) is 2. The van der Waals surface area contributed by atoms with Crippen LogP contribution in [0.1, 0.15) is 31.8 Å². The van der Waals surface area contributed by atoms with Gasteiger partial charge in [-0.25, -0.2) is 14.4 Å². The van der Waals surface area contributed by atoms with E-state index < -0.39 is 36.0 Å². The Labute approximate surface area is 210 Å². The van der Waals surface area contributed by atoms with Gasteiger partial charge in [0.25, 0.3) is 5.91 Å². The van der Waals surface area contributed by atoms with Crippen LogP contribution in [0.5, 0.6) is 0 Å². The molecule has 0 fully saturated rings. The molecule has 0 aliphatic carbocycles. The SMILES string of the molecule is Cc1cccc(C(=O)O[C@@H](C(=O)O)[C@@H](OC(=O)c2cccc(C)c2)C(=O)Nc2ccc(Br)cc2)c1. The highest BCUT2D eigenvalue weighted by molar-refractivity contribution is 9.10. The summed E-state index contributed by atoms with van der Waals surface area (Å²) in [6.45, 7) is 3.52. The number of benzene rings is 3. The summed E-state index contributed by atoms with van der Waals surface area (Å²) in [5, 5.41) is 12.3. The predicted octanol–water partition coefficient (Wildman–Crippen LogP) is 4.54. The van der Waals surface area contributed by atoms with Crippen molar-refractivity contribution in [2.75, 3.05) is 5.32 Å². The minimum atomic E-state index is -2.10. The fourth-order valence-corrected chi connectivity index (χ4v) is 3.42. The molecule has 0 radical (unpaired) electrons. The van der Waals surface area contributed by atoms with Gasteiger partial charge in [-0.3, -0.25) is 4.79 Å². The number of aryl methyl sites for hydroxylation is 2. The predicted molar refractivity (Wildman–Crippen MR) is 131 cm³/mol. The van der Waals surface area contributed by atoms with E-state index in [4.69, 9.17) is 9.47 Å². The van der Waals surface area contributed by atoms with Gasteiger partial charge < -0.3 is 19.9 Å². The number of carboxylic acids is 1. The molecular formula is C26H22BrNO7. The highest BCUT2D eigenvalue weighted by Gasteiger charge is 2.41. The number of aliphatic carboxylic acids is 1. The number of rotatable bonds is 8. The molecule has 8 nitrogen and oxygen atoms in total. The molecule has 1 amide bonds. The van der Waals surface area contributed by atoms with Crippen molar-refractivity contribution >= 4 is 45.4 Å². The number of esters is 2. The molecule has 3 aromatic carbocycles. The van der Waals surface area contributed by atoms with Crippen LogP contribution in [-0.4, -0.2) is 41.1 Å². The van der Waals surface area contributed by atoms with E-state index in [0.717, 1.165) is 15.6 Å². The van der Waals surface area contributed by atoms with E-state index >= 15 is 0 Å². The number of anilines is 1. The molecule has 0 saturated carbocycles. The van der Waals surface area contributed by atoms with Gasteiger partial charge in [0.15, 0.2) is 0 Å². The zero-order valence-corrected chi connectivity index (χ0v) is 20.4. The first-order valence-electron chi connectivity index (χ1n) is 10.5. The lowest BCUT2D eigenvalue weighted by molar-refractivity contribution is -0.157. The van der Waals surface area contributed by atoms with Gasteiger partial charge in [-0.15, -0.1) is 0 Å². The van der Waals surface area contributed by atoms with E-state index in [-0.39, 0.29) is 11.1 Å². The van der Waals surface area contributed by atoms with Crippen LogP contribution in [0.4, 0.5) is 5.69 Å². The van der Waals surface area contributed by atoms with Crippen molar-refractivity contribution in [3.63, 3.8) is 0 Å². The second-order valence-corrected chi connectivity index (χ2v) is 8.64. The average molecular weight is 540 g/mol. The maximum absolute atomic E-state index is 13.1. The Morgan fingerprint density at radius 3 is 1.71 bits per heavy atom. The number of nitrogens with one attached hydrogen (secondary N) is 1. The summed E-state index contributed by atoms with van der Waals surface area (Å²) in [4.78, 5) is 50.7. The maximum atomic E-state index is 13.1. The minimum absolute atomic E-state index is 0.0910. The molecule has 0 spiro atoms. The smallest absolute Gasteiger partial charge is 0.349 e. The third-order valence-electron chi connectivity index (χ3n) is 4.86. The quantitative estimate of drug-likeness (QED) is 0.403. The number of halogens is 1. The molecule has 0 heterocycles. The van der Waals surface area contributed by atoms with Gasteiger partial charge in [0, 0.05) is 10.2 Å². The number of carbonyl (C=O) groups is 4. The Morgan fingerprint density at radius 2 is 1.26 bits per heavy atom. The van der Waals surface area contributed by atoms with Crippen molar-refractivity contribution in [1.82, 2.24) is 0 Å². The lowest BCUT2D eigenvalue weighted by Gasteiger charge is -2.23. The van der Waals surface area contributed by atoms with Crippen molar-refractivity contribution in [3.8, 4) is 0 Å². The van der Waals surface area contributed by atoms with Gasteiger partial charge in [-0.05, 0) is 62.4 Å². The highest BCUT2D eigenvalue weighted by Crippen LogP contribution is 2.18. The first kappa shape index (κ1) is 25.6. The lowest BCUT2D eigenvalue weighted by Crippen LogP contribution is -2.48. The zero-order valence-electron chi connectivity index (χ0n) is 18.9. The van der Waals surface area contributed by atoms with Crippen molar-refractivity contribution in [3.05, 3.63) is 99.5 Å². The molecule has 2 atom stereocenters. The van der Waals surface area contributed by atoms with Crippen LogP contribution in [0.25, 0.3) is 0 Å². The summed E-state index contributed by atoms with van der Waals surface area (Å²) in [5.41, 5.74) is 2.04. The number of carboxylic acid groups (broad SMARTS) is 1. The van der Waals surface area contributed by atoms with Crippen LogP contribution in [0, 0.1) is 13.8 Å². The molecule has 2 N–H and O–H groups in total. The van der Waals surface area contributed by atoms with E-state index in [1.807, 2.05) is 0 Å². The molecule has 35 heavy (non-hydrogen) atoms. The molecule has 9 heteroatoms. The summed E-state index contributed by atoms with van der Waals surface area (Å²) >= 11 is 3.28. The molecule has 3 aromatic rings. The number of carbonyl (C=O) groups excluding carboxylic acids is 3.